The molecule has 3 rings (SSSR count). The number of nitrogens with zero attached hydrogens (tertiary/aromatic N) is 1. The second kappa shape index (κ2) is 8.91. The van der Waals surface area contributed by atoms with E-state index in [1.165, 1.54) is 10.4 Å². The van der Waals surface area contributed by atoms with E-state index >= 15 is 0 Å². The minimum atomic E-state index is -0.0189. The zero-order valence-electron chi connectivity index (χ0n) is 16.0. The van der Waals surface area contributed by atoms with Gasteiger partial charge in [-0.3, -0.25) is 4.79 Å². The van der Waals surface area contributed by atoms with Gasteiger partial charge in [-0.1, -0.05) is 13.8 Å². The third-order valence-electron chi connectivity index (χ3n) is 4.20. The van der Waals surface area contributed by atoms with Gasteiger partial charge in [0.2, 0.25) is 0 Å². The van der Waals surface area contributed by atoms with Crippen molar-refractivity contribution in [2.24, 2.45) is 5.92 Å². The molecule has 0 spiro atoms. The first kappa shape index (κ1) is 19.2. The molecule has 1 aromatic carbocycles. The number of furan rings is 1. The molecule has 142 valence electrons. The van der Waals surface area contributed by atoms with Crippen LogP contribution in [0.25, 0.3) is 0 Å². The molecule has 0 saturated carbocycles. The number of thiophene rings is 1. The van der Waals surface area contributed by atoms with Crippen molar-refractivity contribution in [2.75, 3.05) is 6.61 Å². The predicted octanol–water partition coefficient (Wildman–Crippen LogP) is 5.53. The van der Waals surface area contributed by atoms with Crippen LogP contribution in [0.15, 0.2) is 58.5 Å². The lowest BCUT2D eigenvalue weighted by molar-refractivity contribution is 0.0719. The minimum Gasteiger partial charge on any atom is -0.493 e. The van der Waals surface area contributed by atoms with Crippen LogP contribution in [-0.4, -0.2) is 17.4 Å². The fourth-order valence-electron chi connectivity index (χ4n) is 2.67. The van der Waals surface area contributed by atoms with Crippen molar-refractivity contribution in [1.29, 1.82) is 0 Å². The molecule has 0 radical (unpaired) electrons. The van der Waals surface area contributed by atoms with Gasteiger partial charge in [0.25, 0.3) is 5.91 Å². The summed E-state index contributed by atoms with van der Waals surface area (Å²) in [7, 11) is 0. The SMILES string of the molecule is Cc1ccsc1CN(Cc1ccco1)C(=O)c1ccc(OCC(C)C)cc1. The third-order valence-corrected chi connectivity index (χ3v) is 5.21. The highest BCUT2D eigenvalue weighted by molar-refractivity contribution is 7.10. The average molecular weight is 384 g/mol. The molecular weight excluding hydrogens is 358 g/mol. The Morgan fingerprint density at radius 3 is 2.52 bits per heavy atom. The summed E-state index contributed by atoms with van der Waals surface area (Å²) in [5, 5.41) is 2.06. The second-order valence-corrected chi connectivity index (χ2v) is 8.00. The van der Waals surface area contributed by atoms with E-state index in [0.717, 1.165) is 11.5 Å². The summed E-state index contributed by atoms with van der Waals surface area (Å²) in [6, 6.07) is 13.2. The van der Waals surface area contributed by atoms with Crippen LogP contribution < -0.4 is 4.74 Å². The molecule has 1 amide bonds. The highest BCUT2D eigenvalue weighted by atomic mass is 32.1. The van der Waals surface area contributed by atoms with Gasteiger partial charge >= 0.3 is 0 Å². The fourth-order valence-corrected chi connectivity index (χ4v) is 3.59. The van der Waals surface area contributed by atoms with Gasteiger partial charge in [0.15, 0.2) is 0 Å². The number of hydrogen-bond acceptors (Lipinski definition) is 4. The summed E-state index contributed by atoms with van der Waals surface area (Å²) in [6.45, 7) is 7.95. The predicted molar refractivity (Wildman–Crippen MR) is 108 cm³/mol. The Kier molecular flexibility index (Phi) is 6.35. The lowest BCUT2D eigenvalue weighted by Gasteiger charge is -2.22. The van der Waals surface area contributed by atoms with Gasteiger partial charge in [-0.15, -0.1) is 11.3 Å². The van der Waals surface area contributed by atoms with E-state index in [4.69, 9.17) is 9.15 Å². The standard InChI is InChI=1S/C22H25NO3S/c1-16(2)15-26-19-8-6-18(7-9-19)22(24)23(13-20-5-4-11-25-20)14-21-17(3)10-12-27-21/h4-12,16H,13-15H2,1-3H3. The monoisotopic (exact) mass is 383 g/mol. The molecule has 0 aliphatic carbocycles. The van der Waals surface area contributed by atoms with Crippen molar-refractivity contribution < 1.29 is 13.9 Å². The number of aryl methyl sites for hydroxylation is 1. The molecule has 0 N–H and O–H groups in total. The largest absolute Gasteiger partial charge is 0.493 e. The summed E-state index contributed by atoms with van der Waals surface area (Å²) < 4.78 is 11.2. The van der Waals surface area contributed by atoms with Gasteiger partial charge < -0.3 is 14.1 Å². The number of ether oxygens (including phenoxy) is 1. The molecule has 0 aliphatic heterocycles. The Morgan fingerprint density at radius 2 is 1.93 bits per heavy atom. The van der Waals surface area contributed by atoms with Crippen LogP contribution >= 0.6 is 11.3 Å². The minimum absolute atomic E-state index is 0.0189. The Hall–Kier alpha value is -2.53. The lowest BCUT2D eigenvalue weighted by atomic mass is 10.1. The zero-order valence-corrected chi connectivity index (χ0v) is 16.8. The van der Waals surface area contributed by atoms with E-state index in [0.29, 0.717) is 31.2 Å². The Morgan fingerprint density at radius 1 is 1.15 bits per heavy atom. The Bertz CT molecular complexity index is 850. The molecule has 0 aliphatic rings. The summed E-state index contributed by atoms with van der Waals surface area (Å²) in [5.74, 6) is 2.00. The van der Waals surface area contributed by atoms with E-state index in [-0.39, 0.29) is 5.91 Å². The number of rotatable bonds is 8. The second-order valence-electron chi connectivity index (χ2n) is 7.00. The fraction of sp³-hybridized carbons (Fsp3) is 0.318. The number of amides is 1. The van der Waals surface area contributed by atoms with Crippen LogP contribution in [0, 0.1) is 12.8 Å². The average Bonchev–Trinajstić information content (AvgIpc) is 3.31. The van der Waals surface area contributed by atoms with E-state index in [2.05, 4.69) is 32.2 Å². The first-order valence-electron chi connectivity index (χ1n) is 9.10. The molecule has 5 heteroatoms. The zero-order chi connectivity index (χ0) is 19.2. The number of benzene rings is 1. The van der Waals surface area contributed by atoms with Crippen molar-refractivity contribution >= 4 is 17.2 Å². The molecule has 4 nitrogen and oxygen atoms in total. The maximum absolute atomic E-state index is 13.1. The van der Waals surface area contributed by atoms with Crippen LogP contribution in [0.1, 0.15) is 40.4 Å². The maximum Gasteiger partial charge on any atom is 0.254 e. The number of carbonyl (C=O) groups excluding carboxylic acids is 1. The molecule has 0 bridgehead atoms. The quantitative estimate of drug-likeness (QED) is 0.514. The summed E-state index contributed by atoms with van der Waals surface area (Å²) >= 11 is 1.67. The van der Waals surface area contributed by atoms with Crippen LogP contribution in [0.4, 0.5) is 0 Å². The molecule has 2 aromatic heterocycles. The van der Waals surface area contributed by atoms with Gasteiger partial charge in [0.1, 0.15) is 11.5 Å². The first-order valence-corrected chi connectivity index (χ1v) is 9.98. The van der Waals surface area contributed by atoms with Crippen LogP contribution in [0.3, 0.4) is 0 Å². The van der Waals surface area contributed by atoms with E-state index in [9.17, 15) is 4.79 Å². The third kappa shape index (κ3) is 5.23. The Labute approximate surface area is 164 Å². The van der Waals surface area contributed by atoms with Gasteiger partial charge in [-0.05, 0) is 66.2 Å². The first-order chi connectivity index (χ1) is 13.0. The molecule has 3 aromatic rings. The van der Waals surface area contributed by atoms with E-state index in [1.807, 2.05) is 41.3 Å². The normalized spacial score (nSPS) is 11.0. The van der Waals surface area contributed by atoms with Crippen molar-refractivity contribution in [3.8, 4) is 5.75 Å². The van der Waals surface area contributed by atoms with Crippen LogP contribution in [0.5, 0.6) is 5.75 Å². The van der Waals surface area contributed by atoms with Gasteiger partial charge in [0.05, 0.1) is 26.0 Å². The molecule has 0 saturated heterocycles. The van der Waals surface area contributed by atoms with Crippen molar-refractivity contribution in [1.82, 2.24) is 4.90 Å². The van der Waals surface area contributed by atoms with Crippen LogP contribution in [0.2, 0.25) is 0 Å². The molecule has 0 unspecified atom stereocenters. The maximum atomic E-state index is 13.1. The molecule has 2 heterocycles. The highest BCUT2D eigenvalue weighted by Gasteiger charge is 2.19. The highest BCUT2D eigenvalue weighted by Crippen LogP contribution is 2.22. The smallest absolute Gasteiger partial charge is 0.254 e. The Balaban J connectivity index is 1.76. The summed E-state index contributed by atoms with van der Waals surface area (Å²) in [4.78, 5) is 16.1. The molecular formula is C22H25NO3S. The number of hydrogen-bond donors (Lipinski definition) is 0. The molecule has 0 atom stereocenters. The molecule has 0 fully saturated rings. The molecule has 27 heavy (non-hydrogen) atoms. The van der Waals surface area contributed by atoms with E-state index in [1.54, 1.807) is 17.6 Å². The van der Waals surface area contributed by atoms with E-state index < -0.39 is 0 Å². The topological polar surface area (TPSA) is 42.7 Å². The number of carbonyl (C=O) groups is 1. The van der Waals surface area contributed by atoms with Crippen LogP contribution in [-0.2, 0) is 13.1 Å². The van der Waals surface area contributed by atoms with Gasteiger partial charge in [-0.2, -0.15) is 0 Å². The van der Waals surface area contributed by atoms with Crippen molar-refractivity contribution in [2.45, 2.75) is 33.9 Å². The lowest BCUT2D eigenvalue weighted by Crippen LogP contribution is -2.29. The van der Waals surface area contributed by atoms with Crippen molar-refractivity contribution in [3.63, 3.8) is 0 Å². The summed E-state index contributed by atoms with van der Waals surface area (Å²) in [6.07, 6.45) is 1.63. The van der Waals surface area contributed by atoms with Gasteiger partial charge in [-0.25, -0.2) is 0 Å². The van der Waals surface area contributed by atoms with Crippen molar-refractivity contribution in [3.05, 3.63) is 75.9 Å². The van der Waals surface area contributed by atoms with Gasteiger partial charge in [0, 0.05) is 10.4 Å². The summed E-state index contributed by atoms with van der Waals surface area (Å²) in [5.41, 5.74) is 1.85.